The molecule has 88 valence electrons. The summed E-state index contributed by atoms with van der Waals surface area (Å²) in [6.07, 6.45) is 0. The number of carbonyl (C=O) groups excluding carboxylic acids is 1. The van der Waals surface area contributed by atoms with Gasteiger partial charge in [0.2, 0.25) is 0 Å². The first-order chi connectivity index (χ1) is 7.54. The van der Waals surface area contributed by atoms with E-state index in [1.165, 1.54) is 18.2 Å². The van der Waals surface area contributed by atoms with Gasteiger partial charge in [-0.1, -0.05) is 18.5 Å². The highest BCUT2D eigenvalue weighted by Crippen LogP contribution is 2.20. The topological polar surface area (TPSA) is 75.3 Å². The number of carbonyl (C=O) groups is 1. The molecular formula is C11H15ClN2O2. The maximum Gasteiger partial charge on any atom is 0.252 e. The van der Waals surface area contributed by atoms with Crippen LogP contribution in [0, 0.1) is 5.92 Å². The highest BCUT2D eigenvalue weighted by Gasteiger charge is 2.11. The summed E-state index contributed by atoms with van der Waals surface area (Å²) in [5, 5.41) is 12.3. The van der Waals surface area contributed by atoms with Crippen LogP contribution in [0.5, 0.6) is 5.75 Å². The summed E-state index contributed by atoms with van der Waals surface area (Å²) in [5.41, 5.74) is 5.70. The number of nitrogens with two attached hydrogens (primary N) is 1. The standard InChI is InChI=1S/C11H15ClN2O2/c1-7(5-13)6-14-11(16)9-4-8(15)2-3-10(9)12/h2-4,7,15H,5-6,13H2,1H3,(H,14,16). The van der Waals surface area contributed by atoms with E-state index < -0.39 is 0 Å². The Hall–Kier alpha value is -1.26. The van der Waals surface area contributed by atoms with E-state index in [-0.39, 0.29) is 23.1 Å². The number of hydrogen-bond acceptors (Lipinski definition) is 3. The molecule has 0 aliphatic heterocycles. The monoisotopic (exact) mass is 242 g/mol. The van der Waals surface area contributed by atoms with Gasteiger partial charge in [-0.05, 0) is 30.7 Å². The lowest BCUT2D eigenvalue weighted by atomic mass is 10.1. The van der Waals surface area contributed by atoms with Crippen molar-refractivity contribution in [1.82, 2.24) is 5.32 Å². The second-order valence-electron chi connectivity index (χ2n) is 3.72. The van der Waals surface area contributed by atoms with Crippen LogP contribution in [-0.4, -0.2) is 24.1 Å². The molecule has 1 atom stereocenters. The van der Waals surface area contributed by atoms with Crippen LogP contribution in [0.2, 0.25) is 5.02 Å². The van der Waals surface area contributed by atoms with Gasteiger partial charge in [0, 0.05) is 6.54 Å². The lowest BCUT2D eigenvalue weighted by molar-refractivity contribution is 0.0948. The highest BCUT2D eigenvalue weighted by atomic mass is 35.5. The molecule has 0 fully saturated rings. The summed E-state index contributed by atoms with van der Waals surface area (Å²) in [6.45, 7) is 2.93. The fraction of sp³-hybridized carbons (Fsp3) is 0.364. The predicted octanol–water partition coefficient (Wildman–Crippen LogP) is 1.37. The molecule has 0 saturated carbocycles. The Labute approximate surface area is 99.4 Å². The van der Waals surface area contributed by atoms with E-state index in [4.69, 9.17) is 17.3 Å². The van der Waals surface area contributed by atoms with E-state index >= 15 is 0 Å². The normalized spacial score (nSPS) is 12.2. The Morgan fingerprint density at radius 1 is 1.62 bits per heavy atom. The van der Waals surface area contributed by atoms with Gasteiger partial charge < -0.3 is 16.2 Å². The molecule has 0 bridgehead atoms. The van der Waals surface area contributed by atoms with Gasteiger partial charge in [-0.2, -0.15) is 0 Å². The first-order valence-corrected chi connectivity index (χ1v) is 5.39. The Kier molecular flexibility index (Phi) is 4.58. The van der Waals surface area contributed by atoms with Crippen LogP contribution < -0.4 is 11.1 Å². The van der Waals surface area contributed by atoms with E-state index in [9.17, 15) is 9.90 Å². The SMILES string of the molecule is CC(CN)CNC(=O)c1cc(O)ccc1Cl. The van der Waals surface area contributed by atoms with E-state index in [1.54, 1.807) is 0 Å². The lowest BCUT2D eigenvalue weighted by Crippen LogP contribution is -2.31. The number of benzene rings is 1. The molecule has 1 aromatic rings. The van der Waals surface area contributed by atoms with Crippen molar-refractivity contribution < 1.29 is 9.90 Å². The van der Waals surface area contributed by atoms with Crippen molar-refractivity contribution >= 4 is 17.5 Å². The Balaban J connectivity index is 2.69. The van der Waals surface area contributed by atoms with Crippen LogP contribution in [-0.2, 0) is 0 Å². The van der Waals surface area contributed by atoms with Gasteiger partial charge in [0.05, 0.1) is 10.6 Å². The molecule has 4 nitrogen and oxygen atoms in total. The van der Waals surface area contributed by atoms with Crippen molar-refractivity contribution in [3.8, 4) is 5.75 Å². The average Bonchev–Trinajstić information content (AvgIpc) is 2.28. The van der Waals surface area contributed by atoms with Crippen LogP contribution in [0.4, 0.5) is 0 Å². The summed E-state index contributed by atoms with van der Waals surface area (Å²) in [6, 6.07) is 4.25. The molecule has 1 unspecified atom stereocenters. The summed E-state index contributed by atoms with van der Waals surface area (Å²) in [5.74, 6) is -0.0809. The molecule has 1 rings (SSSR count). The molecule has 5 heteroatoms. The fourth-order valence-corrected chi connectivity index (χ4v) is 1.34. The van der Waals surface area contributed by atoms with Crippen molar-refractivity contribution in [2.24, 2.45) is 11.7 Å². The van der Waals surface area contributed by atoms with E-state index in [0.717, 1.165) is 0 Å². The van der Waals surface area contributed by atoms with Gasteiger partial charge in [0.15, 0.2) is 0 Å². The van der Waals surface area contributed by atoms with Gasteiger partial charge in [0.1, 0.15) is 5.75 Å². The molecular weight excluding hydrogens is 228 g/mol. The molecule has 1 aromatic carbocycles. The number of phenols is 1. The van der Waals surface area contributed by atoms with E-state index in [1.807, 2.05) is 6.92 Å². The maximum atomic E-state index is 11.7. The Morgan fingerprint density at radius 3 is 2.94 bits per heavy atom. The Morgan fingerprint density at radius 2 is 2.31 bits per heavy atom. The second kappa shape index (κ2) is 5.72. The number of aromatic hydroxyl groups is 1. The molecule has 16 heavy (non-hydrogen) atoms. The zero-order valence-electron chi connectivity index (χ0n) is 9.03. The molecule has 0 aliphatic rings. The number of nitrogens with one attached hydrogen (secondary N) is 1. The first-order valence-electron chi connectivity index (χ1n) is 5.01. The minimum Gasteiger partial charge on any atom is -0.508 e. The van der Waals surface area contributed by atoms with Crippen molar-refractivity contribution in [3.63, 3.8) is 0 Å². The third-order valence-corrected chi connectivity index (χ3v) is 2.54. The first kappa shape index (κ1) is 12.8. The summed E-state index contributed by atoms with van der Waals surface area (Å²) < 4.78 is 0. The summed E-state index contributed by atoms with van der Waals surface area (Å²) >= 11 is 5.84. The number of phenolic OH excluding ortho intramolecular Hbond substituents is 1. The number of amides is 1. The molecule has 4 N–H and O–H groups in total. The lowest BCUT2D eigenvalue weighted by Gasteiger charge is -2.10. The van der Waals surface area contributed by atoms with Gasteiger partial charge in [-0.15, -0.1) is 0 Å². The molecule has 0 radical (unpaired) electrons. The number of halogens is 1. The largest absolute Gasteiger partial charge is 0.508 e. The van der Waals surface area contributed by atoms with Gasteiger partial charge >= 0.3 is 0 Å². The zero-order valence-corrected chi connectivity index (χ0v) is 9.79. The molecule has 0 aromatic heterocycles. The molecule has 1 amide bonds. The average molecular weight is 243 g/mol. The van der Waals surface area contributed by atoms with Crippen molar-refractivity contribution in [1.29, 1.82) is 0 Å². The smallest absolute Gasteiger partial charge is 0.252 e. The molecule has 0 saturated heterocycles. The van der Waals surface area contributed by atoms with Gasteiger partial charge in [-0.25, -0.2) is 0 Å². The minimum absolute atomic E-state index is 0.0152. The minimum atomic E-state index is -0.304. The van der Waals surface area contributed by atoms with Crippen LogP contribution in [0.15, 0.2) is 18.2 Å². The van der Waals surface area contributed by atoms with Crippen LogP contribution in [0.3, 0.4) is 0 Å². The maximum absolute atomic E-state index is 11.7. The second-order valence-corrected chi connectivity index (χ2v) is 4.12. The third kappa shape index (κ3) is 3.40. The van der Waals surface area contributed by atoms with Crippen molar-refractivity contribution in [2.45, 2.75) is 6.92 Å². The number of rotatable bonds is 4. The zero-order chi connectivity index (χ0) is 12.1. The van der Waals surface area contributed by atoms with Gasteiger partial charge in [0.25, 0.3) is 5.91 Å². The predicted molar refractivity (Wildman–Crippen MR) is 63.7 cm³/mol. The van der Waals surface area contributed by atoms with Crippen LogP contribution >= 0.6 is 11.6 Å². The quantitative estimate of drug-likeness (QED) is 0.747. The molecule has 0 aliphatic carbocycles. The van der Waals surface area contributed by atoms with E-state index in [2.05, 4.69) is 5.32 Å². The Bertz CT molecular complexity index is 382. The summed E-state index contributed by atoms with van der Waals surface area (Å²) in [4.78, 5) is 11.7. The van der Waals surface area contributed by atoms with Crippen molar-refractivity contribution in [2.75, 3.05) is 13.1 Å². The van der Waals surface area contributed by atoms with Crippen molar-refractivity contribution in [3.05, 3.63) is 28.8 Å². The highest BCUT2D eigenvalue weighted by molar-refractivity contribution is 6.33. The molecule has 0 spiro atoms. The third-order valence-electron chi connectivity index (χ3n) is 2.21. The van der Waals surface area contributed by atoms with E-state index in [0.29, 0.717) is 18.1 Å². The summed E-state index contributed by atoms with van der Waals surface area (Å²) in [7, 11) is 0. The van der Waals surface area contributed by atoms with Crippen LogP contribution in [0.25, 0.3) is 0 Å². The van der Waals surface area contributed by atoms with Gasteiger partial charge in [-0.3, -0.25) is 4.79 Å². The molecule has 0 heterocycles. The number of hydrogen-bond donors (Lipinski definition) is 3. The fourth-order valence-electron chi connectivity index (χ4n) is 1.13. The van der Waals surface area contributed by atoms with Crippen LogP contribution in [0.1, 0.15) is 17.3 Å².